The molecule has 0 bridgehead atoms. The van der Waals surface area contributed by atoms with E-state index in [-0.39, 0.29) is 30.1 Å². The maximum absolute atomic E-state index is 12.8. The Bertz CT molecular complexity index is 635. The molecule has 0 saturated heterocycles. The van der Waals surface area contributed by atoms with Gasteiger partial charge in [-0.15, -0.1) is 5.10 Å². The van der Waals surface area contributed by atoms with E-state index >= 15 is 0 Å². The highest BCUT2D eigenvalue weighted by Crippen LogP contribution is 2.29. The Balaban J connectivity index is 2.49. The van der Waals surface area contributed by atoms with Gasteiger partial charge in [0.2, 0.25) is 0 Å². The molecule has 0 radical (unpaired) electrons. The van der Waals surface area contributed by atoms with Crippen LogP contribution in [0.5, 0.6) is 0 Å². The summed E-state index contributed by atoms with van der Waals surface area (Å²) >= 11 is 0. The first-order valence-electron chi connectivity index (χ1n) is 5.29. The summed E-state index contributed by atoms with van der Waals surface area (Å²) in [5.74, 6) is -1.24. The van der Waals surface area contributed by atoms with Gasteiger partial charge >= 0.3 is 12.1 Å². The molecule has 0 aliphatic rings. The average Bonchev–Trinajstić information content (AvgIpc) is 2.66. The number of aryl methyl sites for hydroxylation is 2. The third kappa shape index (κ3) is 2.80. The van der Waals surface area contributed by atoms with Gasteiger partial charge in [0.25, 0.3) is 5.78 Å². The summed E-state index contributed by atoms with van der Waals surface area (Å²) in [6.07, 6.45) is -4.88. The maximum Gasteiger partial charge on any atom is 0.433 e. The van der Waals surface area contributed by atoms with Gasteiger partial charge in [-0.1, -0.05) is 0 Å². The van der Waals surface area contributed by atoms with Crippen molar-refractivity contribution >= 4 is 11.7 Å². The molecule has 2 aromatic rings. The Kier molecular flexibility index (Phi) is 3.13. The molecule has 6 nitrogen and oxygen atoms in total. The quantitative estimate of drug-likeness (QED) is 0.916. The molecule has 0 saturated carbocycles. The minimum atomic E-state index is -4.58. The van der Waals surface area contributed by atoms with Crippen LogP contribution in [0.15, 0.2) is 6.07 Å². The number of aliphatic carboxylic acids is 1. The molecule has 0 aliphatic heterocycles. The van der Waals surface area contributed by atoms with Gasteiger partial charge in [0.15, 0.2) is 11.5 Å². The lowest BCUT2D eigenvalue weighted by molar-refractivity contribution is -0.143. The second-order valence-electron chi connectivity index (χ2n) is 3.91. The zero-order chi connectivity index (χ0) is 14.2. The first-order valence-corrected chi connectivity index (χ1v) is 5.29. The minimum absolute atomic E-state index is 0.0194. The number of carbonyl (C=O) groups is 1. The highest BCUT2D eigenvalue weighted by molar-refractivity contribution is 5.66. The summed E-state index contributed by atoms with van der Waals surface area (Å²) in [5.41, 5.74) is -0.818. The summed E-state index contributed by atoms with van der Waals surface area (Å²) in [6, 6.07) is 0.864. The van der Waals surface area contributed by atoms with Crippen LogP contribution in [0.25, 0.3) is 5.78 Å². The Labute approximate surface area is 104 Å². The molecular formula is C10H9F3N4O2. The number of aromatic nitrogens is 4. The Morgan fingerprint density at radius 3 is 2.68 bits per heavy atom. The molecule has 19 heavy (non-hydrogen) atoms. The number of fused-ring (bicyclic) bond motifs is 1. The minimum Gasteiger partial charge on any atom is -0.481 e. The van der Waals surface area contributed by atoms with Gasteiger partial charge in [-0.3, -0.25) is 4.79 Å². The first-order chi connectivity index (χ1) is 8.77. The molecule has 2 heterocycles. The number of hydrogen-bond donors (Lipinski definition) is 1. The third-order valence-electron chi connectivity index (χ3n) is 2.34. The van der Waals surface area contributed by atoms with Gasteiger partial charge in [-0.05, 0) is 13.0 Å². The normalized spacial score (nSPS) is 12.0. The number of rotatable bonds is 3. The second-order valence-corrected chi connectivity index (χ2v) is 3.91. The van der Waals surface area contributed by atoms with E-state index in [0.29, 0.717) is 4.52 Å². The largest absolute Gasteiger partial charge is 0.481 e. The number of nitrogens with zero attached hydrogens (tertiary/aromatic N) is 4. The van der Waals surface area contributed by atoms with Crippen molar-refractivity contribution in [2.24, 2.45) is 0 Å². The lowest BCUT2D eigenvalue weighted by Gasteiger charge is -2.08. The van der Waals surface area contributed by atoms with Crippen molar-refractivity contribution in [3.05, 3.63) is 23.3 Å². The molecule has 9 heteroatoms. The topological polar surface area (TPSA) is 80.4 Å². The number of halogens is 3. The van der Waals surface area contributed by atoms with Crippen LogP contribution in [-0.4, -0.2) is 30.7 Å². The zero-order valence-electron chi connectivity index (χ0n) is 9.77. The van der Waals surface area contributed by atoms with Crippen LogP contribution >= 0.6 is 0 Å². The van der Waals surface area contributed by atoms with E-state index in [1.54, 1.807) is 0 Å². The molecule has 2 aromatic heterocycles. The van der Waals surface area contributed by atoms with Gasteiger partial charge in [0, 0.05) is 12.1 Å². The molecule has 0 amide bonds. The maximum atomic E-state index is 12.8. The molecular weight excluding hydrogens is 265 g/mol. The van der Waals surface area contributed by atoms with Crippen LogP contribution in [0.2, 0.25) is 0 Å². The van der Waals surface area contributed by atoms with Crippen LogP contribution in [0.1, 0.15) is 23.6 Å². The zero-order valence-corrected chi connectivity index (χ0v) is 9.77. The van der Waals surface area contributed by atoms with Crippen LogP contribution in [-0.2, 0) is 17.4 Å². The summed E-state index contributed by atoms with van der Waals surface area (Å²) < 4.78 is 39.0. The number of hydrogen-bond acceptors (Lipinski definition) is 4. The highest BCUT2D eigenvalue weighted by Gasteiger charge is 2.35. The van der Waals surface area contributed by atoms with Gasteiger partial charge < -0.3 is 5.11 Å². The fraction of sp³-hybridized carbons (Fsp3) is 0.400. The van der Waals surface area contributed by atoms with Crippen molar-refractivity contribution in [3.8, 4) is 0 Å². The summed E-state index contributed by atoms with van der Waals surface area (Å²) in [5, 5.41) is 12.2. The molecule has 1 N–H and O–H groups in total. The van der Waals surface area contributed by atoms with Crippen molar-refractivity contribution < 1.29 is 23.1 Å². The van der Waals surface area contributed by atoms with E-state index in [2.05, 4.69) is 15.1 Å². The fourth-order valence-electron chi connectivity index (χ4n) is 1.55. The van der Waals surface area contributed by atoms with E-state index in [1.807, 2.05) is 0 Å². The van der Waals surface area contributed by atoms with Crippen LogP contribution in [0.3, 0.4) is 0 Å². The lowest BCUT2D eigenvalue weighted by atomic mass is 10.3. The molecule has 2 rings (SSSR count). The van der Waals surface area contributed by atoms with Gasteiger partial charge in [0.05, 0.1) is 6.42 Å². The van der Waals surface area contributed by atoms with Gasteiger partial charge in [-0.2, -0.15) is 22.7 Å². The van der Waals surface area contributed by atoms with E-state index in [0.717, 1.165) is 6.07 Å². The molecule has 0 atom stereocenters. The van der Waals surface area contributed by atoms with E-state index in [4.69, 9.17) is 5.11 Å². The predicted molar refractivity (Wildman–Crippen MR) is 56.5 cm³/mol. The van der Waals surface area contributed by atoms with Crippen LogP contribution < -0.4 is 0 Å². The predicted octanol–water partition coefficient (Wildman–Crippen LogP) is 1.47. The summed E-state index contributed by atoms with van der Waals surface area (Å²) in [4.78, 5) is 18.0. The smallest absolute Gasteiger partial charge is 0.433 e. The number of carboxylic acids is 1. The Morgan fingerprint density at radius 1 is 1.42 bits per heavy atom. The SMILES string of the molecule is Cc1cc(C(F)(F)F)n2nc(CCC(=O)O)nc2n1. The van der Waals surface area contributed by atoms with Crippen molar-refractivity contribution in [2.45, 2.75) is 25.9 Å². The monoisotopic (exact) mass is 274 g/mol. The van der Waals surface area contributed by atoms with Crippen molar-refractivity contribution in [2.75, 3.05) is 0 Å². The van der Waals surface area contributed by atoms with Crippen molar-refractivity contribution in [1.82, 2.24) is 19.6 Å². The van der Waals surface area contributed by atoms with Gasteiger partial charge in [0.1, 0.15) is 0 Å². The summed E-state index contributed by atoms with van der Waals surface area (Å²) in [7, 11) is 0. The fourth-order valence-corrected chi connectivity index (χ4v) is 1.55. The number of alkyl halides is 3. The van der Waals surface area contributed by atoms with Gasteiger partial charge in [-0.25, -0.2) is 4.98 Å². The van der Waals surface area contributed by atoms with Crippen LogP contribution in [0, 0.1) is 6.92 Å². The lowest BCUT2D eigenvalue weighted by Crippen LogP contribution is -2.14. The van der Waals surface area contributed by atoms with E-state index in [9.17, 15) is 18.0 Å². The Hall–Kier alpha value is -2.19. The molecule has 0 fully saturated rings. The standard InChI is InChI=1S/C10H9F3N4O2/c1-5-4-6(10(11,12)13)17-9(14-5)15-7(16-17)2-3-8(18)19/h4H,2-3H2,1H3,(H,18,19). The highest BCUT2D eigenvalue weighted by atomic mass is 19.4. The molecule has 0 spiro atoms. The van der Waals surface area contributed by atoms with Crippen molar-refractivity contribution in [1.29, 1.82) is 0 Å². The number of carboxylic acid groups (broad SMARTS) is 1. The van der Waals surface area contributed by atoms with E-state index in [1.165, 1.54) is 6.92 Å². The molecule has 0 aromatic carbocycles. The third-order valence-corrected chi connectivity index (χ3v) is 2.34. The molecule has 0 unspecified atom stereocenters. The molecule has 102 valence electrons. The molecule has 0 aliphatic carbocycles. The Morgan fingerprint density at radius 2 is 2.11 bits per heavy atom. The van der Waals surface area contributed by atoms with E-state index < -0.39 is 17.8 Å². The second kappa shape index (κ2) is 4.48. The first kappa shape index (κ1) is 13.2. The summed E-state index contributed by atoms with van der Waals surface area (Å²) in [6.45, 7) is 1.42. The van der Waals surface area contributed by atoms with Crippen LogP contribution in [0.4, 0.5) is 13.2 Å². The van der Waals surface area contributed by atoms with Crippen molar-refractivity contribution in [3.63, 3.8) is 0 Å². The average molecular weight is 274 g/mol.